The van der Waals surface area contributed by atoms with E-state index in [2.05, 4.69) is 10.3 Å². The predicted molar refractivity (Wildman–Crippen MR) is 46.5 cm³/mol. The van der Waals surface area contributed by atoms with Crippen molar-refractivity contribution in [3.8, 4) is 0 Å². The summed E-state index contributed by atoms with van der Waals surface area (Å²) < 4.78 is 5.32. The molecule has 13 heavy (non-hydrogen) atoms. The largest absolute Gasteiger partial charge is 0.445 e. The quantitative estimate of drug-likeness (QED) is 0.688. The number of hydrogen-bond acceptors (Lipinski definition) is 4. The molecular formula is C9H12N2O2. The summed E-state index contributed by atoms with van der Waals surface area (Å²) in [6, 6.07) is 0. The van der Waals surface area contributed by atoms with Crippen LogP contribution in [0, 0.1) is 6.92 Å². The first-order valence-electron chi connectivity index (χ1n) is 4.43. The van der Waals surface area contributed by atoms with Gasteiger partial charge in [-0.3, -0.25) is 4.79 Å². The molecule has 70 valence electrons. The maximum atomic E-state index is 11.5. The SMILES string of the molecule is Cc1ncc(C2CNCCC2=O)o1. The van der Waals surface area contributed by atoms with Crippen molar-refractivity contribution in [3.63, 3.8) is 0 Å². The van der Waals surface area contributed by atoms with Gasteiger partial charge in [0, 0.05) is 26.4 Å². The molecule has 0 radical (unpaired) electrons. The molecule has 0 aromatic carbocycles. The van der Waals surface area contributed by atoms with Crippen LogP contribution in [0.5, 0.6) is 0 Å². The molecule has 1 unspecified atom stereocenters. The van der Waals surface area contributed by atoms with E-state index in [1.165, 1.54) is 0 Å². The van der Waals surface area contributed by atoms with Crippen molar-refractivity contribution in [2.45, 2.75) is 19.3 Å². The molecule has 4 nitrogen and oxygen atoms in total. The van der Waals surface area contributed by atoms with Crippen molar-refractivity contribution in [1.82, 2.24) is 10.3 Å². The molecule has 1 saturated heterocycles. The summed E-state index contributed by atoms with van der Waals surface area (Å²) in [6.45, 7) is 3.24. The average Bonchev–Trinajstić information content (AvgIpc) is 2.53. The standard InChI is InChI=1S/C9H12N2O2/c1-6-11-5-9(13-6)7-4-10-3-2-8(7)12/h5,7,10H,2-4H2,1H3. The van der Waals surface area contributed by atoms with Crippen LogP contribution in [0.2, 0.25) is 0 Å². The lowest BCUT2D eigenvalue weighted by atomic mass is 9.96. The van der Waals surface area contributed by atoms with Gasteiger partial charge in [0.2, 0.25) is 0 Å². The number of aryl methyl sites for hydroxylation is 1. The molecule has 2 rings (SSSR count). The first kappa shape index (κ1) is 8.44. The van der Waals surface area contributed by atoms with E-state index in [1.807, 2.05) is 0 Å². The Morgan fingerprint density at radius 1 is 1.69 bits per heavy atom. The number of hydrogen-bond donors (Lipinski definition) is 1. The smallest absolute Gasteiger partial charge is 0.191 e. The van der Waals surface area contributed by atoms with Crippen LogP contribution >= 0.6 is 0 Å². The number of ketones is 1. The Morgan fingerprint density at radius 3 is 3.15 bits per heavy atom. The molecule has 0 amide bonds. The molecular weight excluding hydrogens is 168 g/mol. The second-order valence-electron chi connectivity index (χ2n) is 3.25. The van der Waals surface area contributed by atoms with Gasteiger partial charge in [-0.2, -0.15) is 0 Å². The van der Waals surface area contributed by atoms with Gasteiger partial charge in [0.25, 0.3) is 0 Å². The number of carbonyl (C=O) groups excluding carboxylic acids is 1. The summed E-state index contributed by atoms with van der Waals surface area (Å²) in [4.78, 5) is 15.5. The van der Waals surface area contributed by atoms with Crippen molar-refractivity contribution < 1.29 is 9.21 Å². The van der Waals surface area contributed by atoms with Crippen LogP contribution in [0.4, 0.5) is 0 Å². The summed E-state index contributed by atoms with van der Waals surface area (Å²) in [5.74, 6) is 1.42. The highest BCUT2D eigenvalue weighted by molar-refractivity contribution is 5.86. The van der Waals surface area contributed by atoms with Crippen molar-refractivity contribution in [1.29, 1.82) is 0 Å². The van der Waals surface area contributed by atoms with Crippen LogP contribution in [0.25, 0.3) is 0 Å². The number of oxazole rings is 1. The lowest BCUT2D eigenvalue weighted by molar-refractivity contribution is -0.121. The Morgan fingerprint density at radius 2 is 2.54 bits per heavy atom. The first-order chi connectivity index (χ1) is 6.27. The van der Waals surface area contributed by atoms with E-state index in [4.69, 9.17) is 4.42 Å². The summed E-state index contributed by atoms with van der Waals surface area (Å²) >= 11 is 0. The zero-order chi connectivity index (χ0) is 9.26. The highest BCUT2D eigenvalue weighted by atomic mass is 16.4. The average molecular weight is 180 g/mol. The van der Waals surface area contributed by atoms with Crippen LogP contribution in [0.15, 0.2) is 10.6 Å². The van der Waals surface area contributed by atoms with Gasteiger partial charge in [0.15, 0.2) is 5.89 Å². The number of nitrogens with one attached hydrogen (secondary N) is 1. The van der Waals surface area contributed by atoms with Crippen LogP contribution in [-0.2, 0) is 4.79 Å². The number of nitrogens with zero attached hydrogens (tertiary/aromatic N) is 1. The lowest BCUT2D eigenvalue weighted by Crippen LogP contribution is -2.35. The topological polar surface area (TPSA) is 55.1 Å². The molecule has 1 aliphatic heterocycles. The number of piperidine rings is 1. The minimum Gasteiger partial charge on any atom is -0.445 e. The number of aromatic nitrogens is 1. The van der Waals surface area contributed by atoms with Gasteiger partial charge in [-0.1, -0.05) is 0 Å². The van der Waals surface area contributed by atoms with E-state index in [9.17, 15) is 4.79 Å². The Balaban J connectivity index is 2.19. The van der Waals surface area contributed by atoms with E-state index in [1.54, 1.807) is 13.1 Å². The van der Waals surface area contributed by atoms with Gasteiger partial charge in [-0.05, 0) is 0 Å². The van der Waals surface area contributed by atoms with Gasteiger partial charge in [0.05, 0.1) is 12.1 Å². The zero-order valence-corrected chi connectivity index (χ0v) is 7.54. The van der Waals surface area contributed by atoms with Crippen LogP contribution in [0.3, 0.4) is 0 Å². The molecule has 1 N–H and O–H groups in total. The van der Waals surface area contributed by atoms with Gasteiger partial charge in [-0.15, -0.1) is 0 Å². The normalized spacial score (nSPS) is 23.5. The molecule has 0 aliphatic carbocycles. The number of carbonyl (C=O) groups is 1. The van der Waals surface area contributed by atoms with Gasteiger partial charge in [0.1, 0.15) is 11.5 Å². The van der Waals surface area contributed by atoms with Gasteiger partial charge < -0.3 is 9.73 Å². The van der Waals surface area contributed by atoms with Crippen molar-refractivity contribution >= 4 is 5.78 Å². The first-order valence-corrected chi connectivity index (χ1v) is 4.43. The van der Waals surface area contributed by atoms with E-state index >= 15 is 0 Å². The molecule has 1 aromatic heterocycles. The summed E-state index contributed by atoms with van der Waals surface area (Å²) in [7, 11) is 0. The summed E-state index contributed by atoms with van der Waals surface area (Å²) in [6.07, 6.45) is 2.23. The maximum Gasteiger partial charge on any atom is 0.191 e. The second-order valence-corrected chi connectivity index (χ2v) is 3.25. The van der Waals surface area contributed by atoms with Gasteiger partial charge >= 0.3 is 0 Å². The highest BCUT2D eigenvalue weighted by Crippen LogP contribution is 2.20. The summed E-state index contributed by atoms with van der Waals surface area (Å²) in [5, 5.41) is 3.16. The van der Waals surface area contributed by atoms with Crippen LogP contribution in [-0.4, -0.2) is 23.9 Å². The Hall–Kier alpha value is -1.16. The number of rotatable bonds is 1. The molecule has 1 fully saturated rings. The predicted octanol–water partition coefficient (Wildman–Crippen LogP) is 0.629. The fraction of sp³-hybridized carbons (Fsp3) is 0.556. The minimum atomic E-state index is -0.130. The van der Waals surface area contributed by atoms with Crippen molar-refractivity contribution in [2.75, 3.05) is 13.1 Å². The highest BCUT2D eigenvalue weighted by Gasteiger charge is 2.26. The Bertz CT molecular complexity index is 319. The maximum absolute atomic E-state index is 11.5. The van der Waals surface area contributed by atoms with Gasteiger partial charge in [-0.25, -0.2) is 4.98 Å². The molecule has 1 aliphatic rings. The molecule has 2 heterocycles. The van der Waals surface area contributed by atoms with E-state index in [0.29, 0.717) is 24.6 Å². The van der Waals surface area contributed by atoms with E-state index < -0.39 is 0 Å². The molecule has 1 aromatic rings. The third-order valence-corrected chi connectivity index (χ3v) is 2.27. The fourth-order valence-electron chi connectivity index (χ4n) is 1.54. The lowest BCUT2D eigenvalue weighted by Gasteiger charge is -2.18. The fourth-order valence-corrected chi connectivity index (χ4v) is 1.54. The third kappa shape index (κ3) is 1.62. The second kappa shape index (κ2) is 3.30. The number of Topliss-reactive ketones (excluding diaryl/α,β-unsaturated/α-hetero) is 1. The summed E-state index contributed by atoms with van der Waals surface area (Å²) in [5.41, 5.74) is 0. The van der Waals surface area contributed by atoms with E-state index in [-0.39, 0.29) is 11.7 Å². The van der Waals surface area contributed by atoms with Crippen molar-refractivity contribution in [3.05, 3.63) is 17.8 Å². The minimum absolute atomic E-state index is 0.130. The molecule has 4 heteroatoms. The monoisotopic (exact) mass is 180 g/mol. The van der Waals surface area contributed by atoms with Crippen LogP contribution in [0.1, 0.15) is 24.0 Å². The molecule has 0 saturated carbocycles. The zero-order valence-electron chi connectivity index (χ0n) is 7.54. The van der Waals surface area contributed by atoms with Crippen molar-refractivity contribution in [2.24, 2.45) is 0 Å². The van der Waals surface area contributed by atoms with E-state index in [0.717, 1.165) is 6.54 Å². The molecule has 1 atom stereocenters. The molecule has 0 spiro atoms. The molecule has 0 bridgehead atoms. The Labute approximate surface area is 76.3 Å². The van der Waals surface area contributed by atoms with Crippen LogP contribution < -0.4 is 5.32 Å². The third-order valence-electron chi connectivity index (χ3n) is 2.27. The Kier molecular flexibility index (Phi) is 2.14.